The number of rotatable bonds is 8. The van der Waals surface area contributed by atoms with Crippen LogP contribution in [0.5, 0.6) is 5.75 Å². The fourth-order valence-corrected chi connectivity index (χ4v) is 2.89. The number of carboxylic acid groups (broad SMARTS) is 1. The van der Waals surface area contributed by atoms with Crippen molar-refractivity contribution in [3.05, 3.63) is 30.3 Å². The van der Waals surface area contributed by atoms with E-state index >= 15 is 0 Å². The molecule has 2 rings (SSSR count). The van der Waals surface area contributed by atoms with E-state index in [-0.39, 0.29) is 12.5 Å². The van der Waals surface area contributed by atoms with E-state index in [1.807, 2.05) is 30.3 Å². The third kappa shape index (κ3) is 5.53. The number of ether oxygens (including phenoxy) is 1. The fourth-order valence-electron chi connectivity index (χ4n) is 2.89. The lowest BCUT2D eigenvalue weighted by atomic mass is 10.0. The highest BCUT2D eigenvalue weighted by Gasteiger charge is 2.30. The molecule has 1 heterocycles. The van der Waals surface area contributed by atoms with Gasteiger partial charge in [-0.2, -0.15) is 0 Å². The van der Waals surface area contributed by atoms with Crippen LogP contribution in [0.3, 0.4) is 0 Å². The van der Waals surface area contributed by atoms with Crippen LogP contribution in [-0.4, -0.2) is 66.1 Å². The average molecular weight is 334 g/mol. The van der Waals surface area contributed by atoms with Gasteiger partial charge in [-0.05, 0) is 37.9 Å². The number of aliphatic carboxylic acids is 1. The molecule has 0 spiro atoms. The molecule has 24 heavy (non-hydrogen) atoms. The quantitative estimate of drug-likeness (QED) is 0.735. The van der Waals surface area contributed by atoms with Crippen LogP contribution in [0.25, 0.3) is 0 Å². The van der Waals surface area contributed by atoms with Gasteiger partial charge in [0.2, 0.25) is 5.91 Å². The molecule has 1 aromatic rings. The smallest absolute Gasteiger partial charge is 0.320 e. The van der Waals surface area contributed by atoms with E-state index in [9.17, 15) is 14.7 Å². The maximum atomic E-state index is 12.3. The summed E-state index contributed by atoms with van der Waals surface area (Å²) in [6.45, 7) is 1.99. The predicted molar refractivity (Wildman–Crippen MR) is 91.0 cm³/mol. The fraction of sp³-hybridized carbons (Fsp3) is 0.556. The number of hydrogen-bond donors (Lipinski definition) is 1. The van der Waals surface area contributed by atoms with Crippen LogP contribution in [0.4, 0.5) is 0 Å². The molecule has 0 radical (unpaired) electrons. The molecule has 1 aliphatic rings. The Morgan fingerprint density at radius 2 is 2.04 bits per heavy atom. The van der Waals surface area contributed by atoms with Crippen LogP contribution in [0, 0.1) is 0 Å². The van der Waals surface area contributed by atoms with Crippen molar-refractivity contribution in [1.82, 2.24) is 9.80 Å². The molecule has 6 heteroatoms. The van der Waals surface area contributed by atoms with Gasteiger partial charge < -0.3 is 14.7 Å². The first-order valence-electron chi connectivity index (χ1n) is 8.46. The van der Waals surface area contributed by atoms with E-state index in [0.29, 0.717) is 26.1 Å². The topological polar surface area (TPSA) is 70.1 Å². The Hall–Kier alpha value is -2.08. The molecular weight excluding hydrogens is 308 g/mol. The van der Waals surface area contributed by atoms with Gasteiger partial charge in [0.05, 0.1) is 13.2 Å². The molecule has 132 valence electrons. The Kier molecular flexibility index (Phi) is 7.06. The third-order valence-corrected chi connectivity index (χ3v) is 4.31. The minimum absolute atomic E-state index is 0.0390. The van der Waals surface area contributed by atoms with Gasteiger partial charge in [-0.1, -0.05) is 24.6 Å². The first kappa shape index (κ1) is 18.3. The number of likely N-dealkylation sites (tertiary alicyclic amines) is 1. The summed E-state index contributed by atoms with van der Waals surface area (Å²) in [5.74, 6) is -0.0478. The van der Waals surface area contributed by atoms with Crippen molar-refractivity contribution < 1.29 is 19.4 Å². The molecule has 0 bridgehead atoms. The molecule has 6 nitrogen and oxygen atoms in total. The number of carboxylic acids is 1. The lowest BCUT2D eigenvalue weighted by Gasteiger charge is -2.33. The first-order valence-corrected chi connectivity index (χ1v) is 8.46. The van der Waals surface area contributed by atoms with Crippen molar-refractivity contribution >= 4 is 11.9 Å². The highest BCUT2D eigenvalue weighted by Crippen LogP contribution is 2.17. The molecule has 0 aliphatic carbocycles. The Morgan fingerprint density at radius 3 is 2.75 bits per heavy atom. The molecule has 1 amide bonds. The zero-order valence-electron chi connectivity index (χ0n) is 14.2. The van der Waals surface area contributed by atoms with Gasteiger partial charge in [-0.25, -0.2) is 0 Å². The van der Waals surface area contributed by atoms with Crippen LogP contribution < -0.4 is 4.74 Å². The summed E-state index contributed by atoms with van der Waals surface area (Å²) < 4.78 is 5.61. The summed E-state index contributed by atoms with van der Waals surface area (Å²) in [7, 11) is 1.75. The molecule has 1 aliphatic heterocycles. The van der Waals surface area contributed by atoms with E-state index < -0.39 is 12.0 Å². The maximum Gasteiger partial charge on any atom is 0.320 e. The second-order valence-corrected chi connectivity index (χ2v) is 6.15. The number of amides is 1. The van der Waals surface area contributed by atoms with Gasteiger partial charge >= 0.3 is 5.97 Å². The Labute approximate surface area is 143 Å². The summed E-state index contributed by atoms with van der Waals surface area (Å²) in [6, 6.07) is 9.04. The standard InChI is InChI=1S/C18H26N2O4/c1-19(11-7-13-24-15-8-3-2-4-9-15)17(21)14-20-12-6-5-10-16(20)18(22)23/h2-4,8-9,16H,5-7,10-14H2,1H3,(H,22,23). The summed E-state index contributed by atoms with van der Waals surface area (Å²) in [5.41, 5.74) is 0. The van der Waals surface area contributed by atoms with Crippen LogP contribution in [-0.2, 0) is 9.59 Å². The minimum atomic E-state index is -0.832. The first-order chi connectivity index (χ1) is 11.6. The van der Waals surface area contributed by atoms with Gasteiger partial charge in [0, 0.05) is 13.6 Å². The lowest BCUT2D eigenvalue weighted by Crippen LogP contribution is -2.49. The molecule has 1 N–H and O–H groups in total. The predicted octanol–water partition coefficient (Wildman–Crippen LogP) is 1.85. The molecule has 1 atom stereocenters. The molecule has 0 saturated carbocycles. The number of carbonyl (C=O) groups excluding carboxylic acids is 1. The van der Waals surface area contributed by atoms with E-state index in [1.165, 1.54) is 0 Å². The Bertz CT molecular complexity index is 535. The van der Waals surface area contributed by atoms with Crippen LogP contribution in [0.15, 0.2) is 30.3 Å². The average Bonchev–Trinajstić information content (AvgIpc) is 2.59. The molecule has 1 unspecified atom stereocenters. The summed E-state index contributed by atoms with van der Waals surface area (Å²) in [5, 5.41) is 9.26. The monoisotopic (exact) mass is 334 g/mol. The van der Waals surface area contributed by atoms with Gasteiger partial charge in [0.15, 0.2) is 0 Å². The van der Waals surface area contributed by atoms with Crippen molar-refractivity contribution in [3.63, 3.8) is 0 Å². The van der Waals surface area contributed by atoms with Crippen molar-refractivity contribution in [2.45, 2.75) is 31.7 Å². The molecule has 1 aromatic carbocycles. The van der Waals surface area contributed by atoms with E-state index in [2.05, 4.69) is 0 Å². The Morgan fingerprint density at radius 1 is 1.29 bits per heavy atom. The third-order valence-electron chi connectivity index (χ3n) is 4.31. The Balaban J connectivity index is 1.70. The van der Waals surface area contributed by atoms with Crippen LogP contribution >= 0.6 is 0 Å². The summed E-state index contributed by atoms with van der Waals surface area (Å²) in [4.78, 5) is 27.0. The van der Waals surface area contributed by atoms with Gasteiger partial charge in [-0.3, -0.25) is 14.5 Å². The lowest BCUT2D eigenvalue weighted by molar-refractivity contribution is -0.146. The number of nitrogens with zero attached hydrogens (tertiary/aromatic N) is 2. The molecule has 1 fully saturated rings. The van der Waals surface area contributed by atoms with Crippen molar-refractivity contribution in [2.75, 3.05) is 33.3 Å². The van der Waals surface area contributed by atoms with Gasteiger partial charge in [-0.15, -0.1) is 0 Å². The number of piperidine rings is 1. The van der Waals surface area contributed by atoms with E-state index in [0.717, 1.165) is 25.0 Å². The van der Waals surface area contributed by atoms with Gasteiger partial charge in [0.1, 0.15) is 11.8 Å². The van der Waals surface area contributed by atoms with Crippen molar-refractivity contribution in [3.8, 4) is 5.75 Å². The zero-order chi connectivity index (χ0) is 17.4. The highest BCUT2D eigenvalue weighted by molar-refractivity contribution is 5.80. The highest BCUT2D eigenvalue weighted by atomic mass is 16.5. The summed E-state index contributed by atoms with van der Waals surface area (Å²) in [6.07, 6.45) is 3.22. The second-order valence-electron chi connectivity index (χ2n) is 6.15. The van der Waals surface area contributed by atoms with Crippen LogP contribution in [0.2, 0.25) is 0 Å². The molecule has 0 aromatic heterocycles. The number of likely N-dealkylation sites (N-methyl/N-ethyl adjacent to an activating group) is 1. The molecular formula is C18H26N2O4. The summed E-state index contributed by atoms with van der Waals surface area (Å²) >= 11 is 0. The zero-order valence-corrected chi connectivity index (χ0v) is 14.2. The number of benzene rings is 1. The van der Waals surface area contributed by atoms with Crippen molar-refractivity contribution in [2.24, 2.45) is 0 Å². The second kappa shape index (κ2) is 9.27. The normalized spacial score (nSPS) is 18.1. The van der Waals surface area contributed by atoms with Gasteiger partial charge in [0.25, 0.3) is 0 Å². The number of carbonyl (C=O) groups is 2. The van der Waals surface area contributed by atoms with E-state index in [4.69, 9.17) is 4.74 Å². The largest absolute Gasteiger partial charge is 0.494 e. The number of para-hydroxylation sites is 1. The van der Waals surface area contributed by atoms with Crippen molar-refractivity contribution in [1.29, 1.82) is 0 Å². The SMILES string of the molecule is CN(CCCOc1ccccc1)C(=O)CN1CCCCC1C(=O)O. The van der Waals surface area contributed by atoms with E-state index in [1.54, 1.807) is 16.8 Å². The maximum absolute atomic E-state index is 12.3. The van der Waals surface area contributed by atoms with Crippen LogP contribution in [0.1, 0.15) is 25.7 Å². The number of hydrogen-bond acceptors (Lipinski definition) is 4. The minimum Gasteiger partial charge on any atom is -0.494 e. The molecule has 1 saturated heterocycles.